The molecule has 0 aliphatic carbocycles. The van der Waals surface area contributed by atoms with Crippen molar-refractivity contribution in [3.63, 3.8) is 0 Å². The normalized spacial score (nSPS) is 13.1. The molecule has 1 amide bonds. The van der Waals surface area contributed by atoms with Crippen LogP contribution in [0.2, 0.25) is 0 Å². The number of benzene rings is 2. The van der Waals surface area contributed by atoms with Crippen molar-refractivity contribution in [2.75, 3.05) is 38.1 Å². The Bertz CT molecular complexity index is 1210. The van der Waals surface area contributed by atoms with Gasteiger partial charge in [0.1, 0.15) is 30.0 Å². The van der Waals surface area contributed by atoms with Gasteiger partial charge in [-0.2, -0.15) is 0 Å². The third-order valence-corrected chi connectivity index (χ3v) is 6.81. The van der Waals surface area contributed by atoms with E-state index >= 15 is 0 Å². The predicted octanol–water partition coefficient (Wildman–Crippen LogP) is 4.78. The Balaban J connectivity index is 1.27. The summed E-state index contributed by atoms with van der Waals surface area (Å²) in [4.78, 5) is 31.2. The van der Waals surface area contributed by atoms with Crippen LogP contribution < -0.4 is 20.1 Å². The first-order valence-corrected chi connectivity index (χ1v) is 14.0. The van der Waals surface area contributed by atoms with E-state index in [2.05, 4.69) is 27.7 Å². The molecule has 0 radical (unpaired) electrons. The number of para-hydroxylation sites is 2. The Labute approximate surface area is 235 Å². The van der Waals surface area contributed by atoms with Crippen LogP contribution >= 0.6 is 0 Å². The molecule has 0 unspecified atom stereocenters. The van der Waals surface area contributed by atoms with E-state index in [4.69, 9.17) is 14.5 Å². The summed E-state index contributed by atoms with van der Waals surface area (Å²) in [5.41, 5.74) is 2.37. The number of carbonyl (C=O) groups excluding carboxylic acids is 1. The molecule has 4 rings (SSSR count). The lowest BCUT2D eigenvalue weighted by Gasteiger charge is -2.24. The van der Waals surface area contributed by atoms with Gasteiger partial charge in [0, 0.05) is 25.3 Å². The maximum absolute atomic E-state index is 12.3. The van der Waals surface area contributed by atoms with Crippen LogP contribution in [0.15, 0.2) is 72.8 Å². The van der Waals surface area contributed by atoms with E-state index in [-0.39, 0.29) is 6.42 Å². The number of fused-ring (bicyclic) bond motifs is 1. The molecule has 2 aromatic carbocycles. The number of amides is 1. The Morgan fingerprint density at radius 1 is 0.950 bits per heavy atom. The second-order valence-corrected chi connectivity index (χ2v) is 9.83. The van der Waals surface area contributed by atoms with Gasteiger partial charge in [-0.25, -0.2) is 14.6 Å². The summed E-state index contributed by atoms with van der Waals surface area (Å²) in [5, 5.41) is 15.6. The third kappa shape index (κ3) is 9.57. The number of unbranched alkanes of at least 4 members (excludes halogenated alkanes) is 1. The van der Waals surface area contributed by atoms with Crippen molar-refractivity contribution in [3.8, 4) is 11.5 Å². The molecule has 1 aliphatic heterocycles. The van der Waals surface area contributed by atoms with Crippen LogP contribution in [0.25, 0.3) is 0 Å². The minimum Gasteiger partial charge on any atom is -0.492 e. The highest BCUT2D eigenvalue weighted by Gasteiger charge is 2.22. The molecule has 1 aromatic heterocycles. The van der Waals surface area contributed by atoms with Crippen molar-refractivity contribution in [1.82, 2.24) is 15.2 Å². The van der Waals surface area contributed by atoms with Crippen molar-refractivity contribution in [2.45, 2.75) is 44.6 Å². The van der Waals surface area contributed by atoms with Gasteiger partial charge in [-0.05, 0) is 81.0 Å². The second-order valence-electron chi connectivity index (χ2n) is 9.83. The number of aromatic nitrogens is 1. The molecule has 9 nitrogen and oxygen atoms in total. The fourth-order valence-electron chi connectivity index (χ4n) is 4.63. The Morgan fingerprint density at radius 3 is 2.45 bits per heavy atom. The molecule has 9 heteroatoms. The molecule has 1 atom stereocenters. The van der Waals surface area contributed by atoms with Crippen LogP contribution in [-0.4, -0.2) is 65.9 Å². The zero-order chi connectivity index (χ0) is 28.0. The molecule has 0 fully saturated rings. The van der Waals surface area contributed by atoms with E-state index in [9.17, 15) is 14.7 Å². The lowest BCUT2D eigenvalue weighted by Crippen LogP contribution is -2.44. The molecule has 2 heterocycles. The SMILES string of the molecule is O=C(N[C@@H](CCN(CCCCc1ccc2c(n1)NCCC2)CCOc1ccccc1)C(=O)O)Oc1ccccc1. The highest BCUT2D eigenvalue weighted by atomic mass is 16.6. The lowest BCUT2D eigenvalue weighted by atomic mass is 10.1. The molecule has 212 valence electrons. The first-order chi connectivity index (χ1) is 19.6. The van der Waals surface area contributed by atoms with E-state index < -0.39 is 18.1 Å². The molecule has 0 bridgehead atoms. The number of carboxylic acids is 1. The van der Waals surface area contributed by atoms with Gasteiger partial charge in [0.15, 0.2) is 0 Å². The van der Waals surface area contributed by atoms with Crippen LogP contribution in [-0.2, 0) is 17.6 Å². The molecular weight excluding hydrogens is 508 g/mol. The van der Waals surface area contributed by atoms with Crippen LogP contribution in [0.1, 0.15) is 36.9 Å². The van der Waals surface area contributed by atoms with Gasteiger partial charge >= 0.3 is 12.1 Å². The summed E-state index contributed by atoms with van der Waals surface area (Å²) < 4.78 is 11.1. The number of ether oxygens (including phenoxy) is 2. The van der Waals surface area contributed by atoms with Gasteiger partial charge in [-0.1, -0.05) is 42.5 Å². The average molecular weight is 547 g/mol. The standard InChI is InChI=1S/C31H38N4O5/c36-30(37)28(34-31(38)40-27-14-5-2-6-15-27)18-21-35(22-23-39-26-12-3-1-4-13-26)20-8-7-11-25-17-16-24-10-9-19-32-29(24)33-25/h1-6,12-17,28H,7-11,18-23H2,(H,32,33)(H,34,38)(H,36,37)/t28-/m0/s1. The van der Waals surface area contributed by atoms with Crippen LogP contribution in [0.4, 0.5) is 10.6 Å². The van der Waals surface area contributed by atoms with Crippen molar-refractivity contribution in [3.05, 3.63) is 84.1 Å². The van der Waals surface area contributed by atoms with Gasteiger partial charge in [0.25, 0.3) is 0 Å². The molecule has 40 heavy (non-hydrogen) atoms. The Hall–Kier alpha value is -4.11. The smallest absolute Gasteiger partial charge is 0.413 e. The third-order valence-electron chi connectivity index (χ3n) is 6.81. The zero-order valence-corrected chi connectivity index (χ0v) is 22.8. The first kappa shape index (κ1) is 28.9. The number of rotatable bonds is 15. The quantitative estimate of drug-likeness (QED) is 0.234. The Kier molecular flexibility index (Phi) is 11.2. The summed E-state index contributed by atoms with van der Waals surface area (Å²) in [6.07, 6.45) is 4.45. The lowest BCUT2D eigenvalue weighted by molar-refractivity contribution is -0.139. The Morgan fingerprint density at radius 2 is 1.70 bits per heavy atom. The number of aryl methyl sites for hydroxylation is 2. The second kappa shape index (κ2) is 15.5. The summed E-state index contributed by atoms with van der Waals surface area (Å²) in [7, 11) is 0. The van der Waals surface area contributed by atoms with E-state index in [1.54, 1.807) is 24.3 Å². The molecule has 0 saturated carbocycles. The van der Waals surface area contributed by atoms with Crippen molar-refractivity contribution in [1.29, 1.82) is 0 Å². The van der Waals surface area contributed by atoms with Gasteiger partial charge in [-0.3, -0.25) is 4.90 Å². The maximum atomic E-state index is 12.3. The minimum absolute atomic E-state index is 0.239. The van der Waals surface area contributed by atoms with E-state index in [0.717, 1.165) is 62.5 Å². The summed E-state index contributed by atoms with van der Waals surface area (Å²) >= 11 is 0. The van der Waals surface area contributed by atoms with Crippen molar-refractivity contribution >= 4 is 17.9 Å². The molecule has 3 aromatic rings. The number of hydrogen-bond donors (Lipinski definition) is 3. The molecule has 0 saturated heterocycles. The maximum Gasteiger partial charge on any atom is 0.413 e. The number of carboxylic acid groups (broad SMARTS) is 1. The number of aliphatic carboxylic acids is 1. The van der Waals surface area contributed by atoms with Gasteiger partial charge in [-0.15, -0.1) is 0 Å². The number of anilines is 1. The predicted molar refractivity (Wildman–Crippen MR) is 154 cm³/mol. The highest BCUT2D eigenvalue weighted by molar-refractivity contribution is 5.80. The van der Waals surface area contributed by atoms with Gasteiger partial charge in [0.05, 0.1) is 0 Å². The fourth-order valence-corrected chi connectivity index (χ4v) is 4.63. The van der Waals surface area contributed by atoms with Gasteiger partial charge in [0.2, 0.25) is 0 Å². The summed E-state index contributed by atoms with van der Waals surface area (Å²) in [6, 6.07) is 21.4. The largest absolute Gasteiger partial charge is 0.492 e. The number of carbonyl (C=O) groups is 2. The number of nitrogens with one attached hydrogen (secondary N) is 2. The highest BCUT2D eigenvalue weighted by Crippen LogP contribution is 2.20. The van der Waals surface area contributed by atoms with E-state index in [1.165, 1.54) is 5.56 Å². The molecule has 0 spiro atoms. The first-order valence-electron chi connectivity index (χ1n) is 14.0. The topological polar surface area (TPSA) is 113 Å². The van der Waals surface area contributed by atoms with Crippen molar-refractivity contribution < 1.29 is 24.2 Å². The number of nitrogens with zero attached hydrogens (tertiary/aromatic N) is 2. The minimum atomic E-state index is -1.10. The van der Waals surface area contributed by atoms with Crippen molar-refractivity contribution in [2.24, 2.45) is 0 Å². The number of pyridine rings is 1. The number of hydrogen-bond acceptors (Lipinski definition) is 7. The average Bonchev–Trinajstić information content (AvgIpc) is 2.97. The molecule has 3 N–H and O–H groups in total. The molecule has 1 aliphatic rings. The zero-order valence-electron chi connectivity index (χ0n) is 22.8. The summed E-state index contributed by atoms with van der Waals surface area (Å²) in [6.45, 7) is 3.35. The van der Waals surface area contributed by atoms with Crippen LogP contribution in [0.3, 0.4) is 0 Å². The molecular formula is C31H38N4O5. The van der Waals surface area contributed by atoms with Gasteiger partial charge < -0.3 is 25.2 Å². The van der Waals surface area contributed by atoms with Crippen LogP contribution in [0.5, 0.6) is 11.5 Å². The monoisotopic (exact) mass is 546 g/mol. The van der Waals surface area contributed by atoms with E-state index in [1.807, 2.05) is 36.4 Å². The fraction of sp³-hybridized carbons (Fsp3) is 0.387. The van der Waals surface area contributed by atoms with E-state index in [0.29, 0.717) is 25.4 Å². The van der Waals surface area contributed by atoms with Crippen LogP contribution in [0, 0.1) is 0 Å². The summed E-state index contributed by atoms with van der Waals surface area (Å²) in [5.74, 6) is 1.07.